The molecular formula is C13H9N3O2S. The first-order valence-electron chi connectivity index (χ1n) is 5.49. The van der Waals surface area contributed by atoms with Gasteiger partial charge in [0.25, 0.3) is 0 Å². The number of pyridine rings is 2. The van der Waals surface area contributed by atoms with Crippen LogP contribution in [0.3, 0.4) is 0 Å². The molecule has 0 aliphatic rings. The summed E-state index contributed by atoms with van der Waals surface area (Å²) in [5, 5.41) is 9.73. The van der Waals surface area contributed by atoms with Gasteiger partial charge in [0.1, 0.15) is 9.71 Å². The number of nitrogen functional groups attached to an aromatic ring is 1. The molecule has 3 aromatic rings. The molecular weight excluding hydrogens is 262 g/mol. The van der Waals surface area contributed by atoms with Gasteiger partial charge in [0, 0.05) is 23.3 Å². The number of nitrogens with two attached hydrogens (primary N) is 1. The highest BCUT2D eigenvalue weighted by Gasteiger charge is 2.16. The Bertz CT molecular complexity index is 768. The molecule has 0 saturated carbocycles. The molecule has 0 aromatic carbocycles. The Hall–Kier alpha value is -2.47. The van der Waals surface area contributed by atoms with E-state index >= 15 is 0 Å². The molecule has 19 heavy (non-hydrogen) atoms. The standard InChI is InChI=1S/C13H9N3O2S/c14-10-8-1-2-9(7-3-5-15-6-4-7)16-12(8)19-11(10)13(17)18/h1-6H,14H2,(H,17,18). The molecule has 5 nitrogen and oxygen atoms in total. The van der Waals surface area contributed by atoms with E-state index in [1.54, 1.807) is 18.5 Å². The quantitative estimate of drug-likeness (QED) is 0.748. The first-order valence-corrected chi connectivity index (χ1v) is 6.31. The lowest BCUT2D eigenvalue weighted by Crippen LogP contribution is -1.96. The minimum atomic E-state index is -1.02. The molecule has 3 rings (SSSR count). The highest BCUT2D eigenvalue weighted by Crippen LogP contribution is 2.33. The Kier molecular flexibility index (Phi) is 2.64. The van der Waals surface area contributed by atoms with E-state index in [2.05, 4.69) is 9.97 Å². The predicted octanol–water partition coefficient (Wildman–Crippen LogP) is 2.64. The van der Waals surface area contributed by atoms with Crippen molar-refractivity contribution < 1.29 is 9.90 Å². The number of hydrogen-bond donors (Lipinski definition) is 2. The lowest BCUT2D eigenvalue weighted by atomic mass is 10.1. The second-order valence-corrected chi connectivity index (χ2v) is 4.93. The van der Waals surface area contributed by atoms with Crippen LogP contribution < -0.4 is 5.73 Å². The van der Waals surface area contributed by atoms with Gasteiger partial charge in [-0.3, -0.25) is 4.98 Å². The molecule has 0 radical (unpaired) electrons. The maximum absolute atomic E-state index is 11.0. The van der Waals surface area contributed by atoms with Crippen molar-refractivity contribution >= 4 is 33.2 Å². The van der Waals surface area contributed by atoms with Crippen LogP contribution in [-0.2, 0) is 0 Å². The highest BCUT2D eigenvalue weighted by molar-refractivity contribution is 7.21. The van der Waals surface area contributed by atoms with Crippen LogP contribution in [0, 0.1) is 0 Å². The summed E-state index contributed by atoms with van der Waals surface area (Å²) in [5.41, 5.74) is 7.79. The normalized spacial score (nSPS) is 10.7. The number of hydrogen-bond acceptors (Lipinski definition) is 5. The number of fused-ring (bicyclic) bond motifs is 1. The number of thiophene rings is 1. The van der Waals surface area contributed by atoms with E-state index in [1.165, 1.54) is 0 Å². The van der Waals surface area contributed by atoms with Crippen LogP contribution in [0.25, 0.3) is 21.5 Å². The second-order valence-electron chi connectivity index (χ2n) is 3.94. The average molecular weight is 271 g/mol. The van der Waals surface area contributed by atoms with Crippen LogP contribution in [0.1, 0.15) is 9.67 Å². The van der Waals surface area contributed by atoms with Crippen LogP contribution in [-0.4, -0.2) is 21.0 Å². The van der Waals surface area contributed by atoms with Gasteiger partial charge in [0.05, 0.1) is 11.4 Å². The summed E-state index contributed by atoms with van der Waals surface area (Å²) in [6.45, 7) is 0. The number of anilines is 1. The van der Waals surface area contributed by atoms with E-state index in [1.807, 2.05) is 18.2 Å². The number of carboxylic acids is 1. The Balaban J connectivity index is 2.19. The van der Waals surface area contributed by atoms with Crippen molar-refractivity contribution in [2.75, 3.05) is 5.73 Å². The summed E-state index contributed by atoms with van der Waals surface area (Å²) in [6.07, 6.45) is 3.37. The maximum Gasteiger partial charge on any atom is 0.348 e. The molecule has 0 fully saturated rings. The van der Waals surface area contributed by atoms with Gasteiger partial charge in [-0.25, -0.2) is 9.78 Å². The summed E-state index contributed by atoms with van der Waals surface area (Å²) >= 11 is 1.09. The van der Waals surface area contributed by atoms with Crippen molar-refractivity contribution in [3.05, 3.63) is 41.5 Å². The largest absolute Gasteiger partial charge is 0.477 e. The second kappa shape index (κ2) is 4.33. The number of aromatic nitrogens is 2. The fraction of sp³-hybridized carbons (Fsp3) is 0. The first kappa shape index (κ1) is 11.6. The van der Waals surface area contributed by atoms with Crippen LogP contribution in [0.5, 0.6) is 0 Å². The summed E-state index contributed by atoms with van der Waals surface area (Å²) in [4.78, 5) is 20.2. The van der Waals surface area contributed by atoms with Gasteiger partial charge in [0.2, 0.25) is 0 Å². The summed E-state index contributed by atoms with van der Waals surface area (Å²) < 4.78 is 0. The van der Waals surface area contributed by atoms with Gasteiger partial charge in [-0.2, -0.15) is 0 Å². The average Bonchev–Trinajstić information content (AvgIpc) is 2.77. The minimum Gasteiger partial charge on any atom is -0.477 e. The van der Waals surface area contributed by atoms with Crippen molar-refractivity contribution in [2.24, 2.45) is 0 Å². The van der Waals surface area contributed by atoms with E-state index in [0.29, 0.717) is 10.2 Å². The Morgan fingerprint density at radius 2 is 1.95 bits per heavy atom. The number of carboxylic acid groups (broad SMARTS) is 1. The molecule has 6 heteroatoms. The van der Waals surface area contributed by atoms with Gasteiger partial charge < -0.3 is 10.8 Å². The topological polar surface area (TPSA) is 89.1 Å². The third-order valence-corrected chi connectivity index (χ3v) is 3.87. The van der Waals surface area contributed by atoms with Crippen molar-refractivity contribution in [3.63, 3.8) is 0 Å². The number of carbonyl (C=O) groups is 1. The number of rotatable bonds is 2. The Morgan fingerprint density at radius 1 is 1.21 bits per heavy atom. The monoisotopic (exact) mass is 271 g/mol. The third-order valence-electron chi connectivity index (χ3n) is 2.76. The summed E-state index contributed by atoms with van der Waals surface area (Å²) in [5.74, 6) is -1.02. The van der Waals surface area contributed by atoms with Gasteiger partial charge in [0.15, 0.2) is 0 Å². The molecule has 0 aliphatic carbocycles. The molecule has 0 aliphatic heterocycles. The van der Waals surface area contributed by atoms with Gasteiger partial charge >= 0.3 is 5.97 Å². The Labute approximate surface area is 112 Å². The van der Waals surface area contributed by atoms with Crippen LogP contribution in [0.2, 0.25) is 0 Å². The molecule has 0 amide bonds. The van der Waals surface area contributed by atoms with Crippen molar-refractivity contribution in [3.8, 4) is 11.3 Å². The highest BCUT2D eigenvalue weighted by atomic mass is 32.1. The van der Waals surface area contributed by atoms with E-state index in [9.17, 15) is 4.79 Å². The van der Waals surface area contributed by atoms with Crippen molar-refractivity contribution in [2.45, 2.75) is 0 Å². The molecule has 3 heterocycles. The SMILES string of the molecule is Nc1c(C(=O)O)sc2nc(-c3ccncc3)ccc12. The fourth-order valence-corrected chi connectivity index (χ4v) is 2.77. The molecule has 0 saturated heterocycles. The molecule has 3 aromatic heterocycles. The molecule has 3 N–H and O–H groups in total. The van der Waals surface area contributed by atoms with Gasteiger partial charge in [-0.05, 0) is 24.3 Å². The van der Waals surface area contributed by atoms with Crippen molar-refractivity contribution in [1.29, 1.82) is 0 Å². The molecule has 0 atom stereocenters. The minimum absolute atomic E-state index is 0.134. The molecule has 0 bridgehead atoms. The smallest absolute Gasteiger partial charge is 0.348 e. The lowest BCUT2D eigenvalue weighted by Gasteiger charge is -2.00. The number of nitrogens with zero attached hydrogens (tertiary/aromatic N) is 2. The van der Waals surface area contributed by atoms with Crippen molar-refractivity contribution in [1.82, 2.24) is 9.97 Å². The van der Waals surface area contributed by atoms with E-state index in [-0.39, 0.29) is 10.6 Å². The maximum atomic E-state index is 11.0. The molecule has 0 unspecified atom stereocenters. The van der Waals surface area contributed by atoms with Gasteiger partial charge in [-0.1, -0.05) is 0 Å². The number of aromatic carboxylic acids is 1. The third kappa shape index (κ3) is 1.92. The molecule has 94 valence electrons. The zero-order valence-electron chi connectivity index (χ0n) is 9.70. The molecule has 0 spiro atoms. The van der Waals surface area contributed by atoms with Crippen LogP contribution >= 0.6 is 11.3 Å². The zero-order chi connectivity index (χ0) is 13.4. The zero-order valence-corrected chi connectivity index (χ0v) is 10.5. The summed E-state index contributed by atoms with van der Waals surface area (Å²) in [7, 11) is 0. The van der Waals surface area contributed by atoms with Crippen LogP contribution in [0.4, 0.5) is 5.69 Å². The predicted molar refractivity (Wildman–Crippen MR) is 74.2 cm³/mol. The lowest BCUT2D eigenvalue weighted by molar-refractivity contribution is 0.0703. The summed E-state index contributed by atoms with van der Waals surface area (Å²) in [6, 6.07) is 7.33. The Morgan fingerprint density at radius 3 is 2.63 bits per heavy atom. The van der Waals surface area contributed by atoms with Gasteiger partial charge in [-0.15, -0.1) is 11.3 Å². The van der Waals surface area contributed by atoms with E-state index in [4.69, 9.17) is 10.8 Å². The van der Waals surface area contributed by atoms with E-state index in [0.717, 1.165) is 22.6 Å². The van der Waals surface area contributed by atoms with Crippen LogP contribution in [0.15, 0.2) is 36.7 Å². The fourth-order valence-electron chi connectivity index (χ4n) is 1.84. The first-order chi connectivity index (χ1) is 9.16. The van der Waals surface area contributed by atoms with E-state index < -0.39 is 5.97 Å².